The number of aromatic hydroxyl groups is 2. The Morgan fingerprint density at radius 3 is 1.34 bits per heavy atom. The van der Waals surface area contributed by atoms with Crippen molar-refractivity contribution in [2.75, 3.05) is 0 Å². The van der Waals surface area contributed by atoms with Crippen molar-refractivity contribution in [3.05, 3.63) is 154 Å². The van der Waals surface area contributed by atoms with Gasteiger partial charge in [0, 0.05) is 50.8 Å². The molecule has 0 saturated heterocycles. The van der Waals surface area contributed by atoms with E-state index in [0.717, 1.165) is 125 Å². The fourth-order valence-electron chi connectivity index (χ4n) is 11.7. The second-order valence-corrected chi connectivity index (χ2v) is 20.4. The Hall–Kier alpha value is -6.40. The molecular weight excluding hydrogens is 825 g/mol. The molecule has 0 spiro atoms. The molecule has 6 heteroatoms. The highest BCUT2D eigenvalue weighted by molar-refractivity contribution is 5.91. The van der Waals surface area contributed by atoms with E-state index in [1.165, 1.54) is 57.3 Å². The van der Waals surface area contributed by atoms with E-state index in [2.05, 4.69) is 160 Å². The van der Waals surface area contributed by atoms with Gasteiger partial charge in [-0.05, 0) is 184 Å². The van der Waals surface area contributed by atoms with Gasteiger partial charge < -0.3 is 28.8 Å². The number of fused-ring (bicyclic) bond motifs is 6. The molecule has 6 nitrogen and oxygen atoms in total. The number of phenolic OH excluding ortho intramolecular Hbond substituents is 2. The molecule has 1 fully saturated rings. The Kier molecular flexibility index (Phi) is 11.2. The molecule has 2 atom stereocenters. The summed E-state index contributed by atoms with van der Waals surface area (Å²) in [5.41, 5.74) is 17.4. The number of hydrogen-bond acceptors (Lipinski definition) is 4. The van der Waals surface area contributed by atoms with Gasteiger partial charge in [0.05, 0.1) is 22.4 Å². The van der Waals surface area contributed by atoms with Gasteiger partial charge in [-0.2, -0.15) is 0 Å². The third kappa shape index (κ3) is 7.67. The van der Waals surface area contributed by atoms with Crippen LogP contribution in [0.1, 0.15) is 129 Å². The van der Waals surface area contributed by atoms with E-state index in [1.54, 1.807) is 0 Å². The number of aromatic nitrogens is 2. The first kappa shape index (κ1) is 43.2. The molecule has 342 valence electrons. The van der Waals surface area contributed by atoms with Crippen molar-refractivity contribution in [3.8, 4) is 56.6 Å². The highest BCUT2D eigenvalue weighted by atomic mass is 16.5. The number of ether oxygens (including phenoxy) is 2. The van der Waals surface area contributed by atoms with Crippen LogP contribution in [0, 0.1) is 13.8 Å². The Bertz CT molecular complexity index is 2990. The zero-order valence-electron chi connectivity index (χ0n) is 40.1. The van der Waals surface area contributed by atoms with Gasteiger partial charge in [-0.3, -0.25) is 0 Å². The van der Waals surface area contributed by atoms with E-state index < -0.39 is 0 Å². The Labute approximate surface area is 395 Å². The minimum absolute atomic E-state index is 0.0777. The predicted octanol–water partition coefficient (Wildman–Crippen LogP) is 15.3. The molecule has 67 heavy (non-hydrogen) atoms. The van der Waals surface area contributed by atoms with Crippen LogP contribution in [0.5, 0.6) is 23.0 Å². The number of nitrogens with zero attached hydrogens (tertiary/aromatic N) is 2. The largest absolute Gasteiger partial charge is 0.505 e. The maximum Gasteiger partial charge on any atom is 0.147 e. The van der Waals surface area contributed by atoms with E-state index in [1.807, 2.05) is 0 Å². The van der Waals surface area contributed by atoms with E-state index in [9.17, 15) is 10.2 Å². The molecule has 3 aliphatic rings. The third-order valence-electron chi connectivity index (χ3n) is 15.2. The summed E-state index contributed by atoms with van der Waals surface area (Å²) in [6, 6.07) is 38.9. The van der Waals surface area contributed by atoms with E-state index in [0.29, 0.717) is 11.8 Å². The highest BCUT2D eigenvalue weighted by Gasteiger charge is 2.32. The molecule has 0 aliphatic heterocycles. The lowest BCUT2D eigenvalue weighted by Crippen LogP contribution is -2.18. The summed E-state index contributed by atoms with van der Waals surface area (Å²) < 4.78 is 18.8. The quantitative estimate of drug-likeness (QED) is 0.144. The van der Waals surface area contributed by atoms with Gasteiger partial charge in [0.1, 0.15) is 35.2 Å². The van der Waals surface area contributed by atoms with Gasteiger partial charge in [0.2, 0.25) is 0 Å². The summed E-state index contributed by atoms with van der Waals surface area (Å²) in [6.45, 7) is 13.1. The first-order valence-corrected chi connectivity index (χ1v) is 25.0. The summed E-state index contributed by atoms with van der Waals surface area (Å²) in [5.74, 6) is 2.72. The number of benzene rings is 6. The average molecular weight is 889 g/mol. The van der Waals surface area contributed by atoms with Crippen LogP contribution in [0.25, 0.3) is 55.4 Å². The molecule has 0 unspecified atom stereocenters. The average Bonchev–Trinajstić information content (AvgIpc) is 4.02. The van der Waals surface area contributed by atoms with E-state index >= 15 is 0 Å². The number of aryl methyl sites for hydroxylation is 4. The molecule has 8 aromatic rings. The monoisotopic (exact) mass is 888 g/mol. The van der Waals surface area contributed by atoms with Crippen LogP contribution in [0.3, 0.4) is 0 Å². The molecule has 0 bridgehead atoms. The van der Waals surface area contributed by atoms with Crippen LogP contribution in [0.15, 0.2) is 109 Å². The van der Waals surface area contributed by atoms with Crippen molar-refractivity contribution < 1.29 is 19.7 Å². The van der Waals surface area contributed by atoms with Gasteiger partial charge in [0.15, 0.2) is 0 Å². The van der Waals surface area contributed by atoms with Crippen LogP contribution in [-0.4, -0.2) is 31.6 Å². The molecule has 2 N–H and O–H groups in total. The smallest absolute Gasteiger partial charge is 0.147 e. The van der Waals surface area contributed by atoms with Gasteiger partial charge in [-0.1, -0.05) is 76.2 Å². The maximum absolute atomic E-state index is 12.5. The zero-order chi connectivity index (χ0) is 46.1. The molecular formula is C61H64N2O4. The summed E-state index contributed by atoms with van der Waals surface area (Å²) >= 11 is 0. The third-order valence-corrected chi connectivity index (χ3v) is 15.2. The van der Waals surface area contributed by atoms with Crippen molar-refractivity contribution in [2.24, 2.45) is 0 Å². The normalized spacial score (nSPS) is 17.1. The molecule has 11 rings (SSSR count). The number of rotatable bonds is 10. The summed E-state index contributed by atoms with van der Waals surface area (Å²) in [4.78, 5) is 0. The lowest BCUT2D eigenvalue weighted by atomic mass is 9.94. The summed E-state index contributed by atoms with van der Waals surface area (Å²) in [5, 5.41) is 27.5. The van der Waals surface area contributed by atoms with Gasteiger partial charge in [-0.25, -0.2) is 0 Å². The van der Waals surface area contributed by atoms with Crippen LogP contribution in [-0.2, 0) is 25.7 Å². The second kappa shape index (κ2) is 17.4. The van der Waals surface area contributed by atoms with Crippen molar-refractivity contribution in [1.82, 2.24) is 9.13 Å². The molecule has 3 aliphatic carbocycles. The molecule has 1 saturated carbocycles. The van der Waals surface area contributed by atoms with Gasteiger partial charge >= 0.3 is 0 Å². The van der Waals surface area contributed by atoms with E-state index in [4.69, 9.17) is 9.47 Å². The van der Waals surface area contributed by atoms with Crippen molar-refractivity contribution in [2.45, 2.75) is 136 Å². The molecule has 0 amide bonds. The molecule has 0 radical (unpaired) electrons. The van der Waals surface area contributed by atoms with Crippen molar-refractivity contribution >= 4 is 21.8 Å². The van der Waals surface area contributed by atoms with Crippen molar-refractivity contribution in [3.63, 3.8) is 0 Å². The standard InChI is InChI=1S/C61H64N2O4/c1-36(2)40-23-27-58(48(33-40)50-29-38(5)31-56(60(50)64)62-52-19-11-7-15-44(52)45-16-8-12-20-53(45)62)66-42-25-26-43(35-42)67-59-28-24-41(37(3)4)34-49(59)51-30-39(6)32-57(61(51)65)63-54-21-13-9-17-46(54)47-18-10-14-22-55(47)63/h7,9,11,13,15,17,19,21,23-24,27-34,36-37,42-43,64-65H,8,10,12,14,16,18,20,22,25-26,35H2,1-6H3/t42-,43+. The highest BCUT2D eigenvalue weighted by Crippen LogP contribution is 2.48. The minimum atomic E-state index is -0.0777. The van der Waals surface area contributed by atoms with Crippen LogP contribution >= 0.6 is 0 Å². The van der Waals surface area contributed by atoms with E-state index in [-0.39, 0.29) is 23.7 Å². The fourth-order valence-corrected chi connectivity index (χ4v) is 11.7. The van der Waals surface area contributed by atoms with Crippen LogP contribution in [0.2, 0.25) is 0 Å². The Morgan fingerprint density at radius 1 is 0.493 bits per heavy atom. The predicted molar refractivity (Wildman–Crippen MR) is 274 cm³/mol. The minimum Gasteiger partial charge on any atom is -0.505 e. The summed E-state index contributed by atoms with van der Waals surface area (Å²) in [7, 11) is 0. The van der Waals surface area contributed by atoms with Crippen LogP contribution < -0.4 is 9.47 Å². The first-order chi connectivity index (χ1) is 32.5. The number of hydrogen-bond donors (Lipinski definition) is 2. The number of para-hydroxylation sites is 2. The lowest BCUT2D eigenvalue weighted by molar-refractivity contribution is 0.167. The Balaban J connectivity index is 0.921. The van der Waals surface area contributed by atoms with Crippen molar-refractivity contribution in [1.29, 1.82) is 0 Å². The molecule has 6 aromatic carbocycles. The van der Waals surface area contributed by atoms with Crippen LogP contribution in [0.4, 0.5) is 0 Å². The number of phenols is 2. The zero-order valence-corrected chi connectivity index (χ0v) is 40.1. The SMILES string of the molecule is Cc1cc(-c2cc(C(C)C)ccc2O[C@@H]2CC[C@H](Oc3ccc(C(C)C)cc3-c3cc(C)cc(-n4c5c(c6ccccc64)CCCC5)c3O)C2)c(O)c(-n2c3c(c4ccccc42)CCCC3)c1. The molecule has 2 heterocycles. The summed E-state index contributed by atoms with van der Waals surface area (Å²) in [6.07, 6.45) is 11.1. The fraction of sp³-hybridized carbons (Fsp3) is 0.344. The first-order valence-electron chi connectivity index (χ1n) is 25.0. The maximum atomic E-state index is 12.5. The second-order valence-electron chi connectivity index (χ2n) is 20.4. The molecule has 2 aromatic heterocycles. The van der Waals surface area contributed by atoms with Gasteiger partial charge in [0.25, 0.3) is 0 Å². The van der Waals surface area contributed by atoms with Gasteiger partial charge in [-0.15, -0.1) is 0 Å². The topological polar surface area (TPSA) is 68.8 Å². The lowest BCUT2D eigenvalue weighted by Gasteiger charge is -2.23. The Morgan fingerprint density at radius 2 is 0.910 bits per heavy atom.